The molecule has 4 nitrogen and oxygen atoms in total. The second kappa shape index (κ2) is 6.91. The Morgan fingerprint density at radius 1 is 1.15 bits per heavy atom. The van der Waals surface area contributed by atoms with E-state index in [1.54, 1.807) is 0 Å². The van der Waals surface area contributed by atoms with Crippen LogP contribution in [-0.4, -0.2) is 24.2 Å². The Bertz CT molecular complexity index is 578. The first-order valence-corrected chi connectivity index (χ1v) is 6.89. The number of nitrogens with one attached hydrogen (secondary N) is 2. The van der Waals surface area contributed by atoms with E-state index in [4.69, 9.17) is 0 Å². The lowest BCUT2D eigenvalue weighted by atomic mass is 9.99. The maximum atomic E-state index is 11.3. The number of hydrogen-bond acceptors (Lipinski definition) is 2. The Morgan fingerprint density at radius 2 is 1.90 bits per heavy atom. The van der Waals surface area contributed by atoms with E-state index in [0.29, 0.717) is 19.5 Å². The van der Waals surface area contributed by atoms with E-state index in [2.05, 4.69) is 10.6 Å². The predicted molar refractivity (Wildman–Crippen MR) is 80.6 cm³/mol. The minimum absolute atomic E-state index is 0.197. The predicted octanol–water partition coefficient (Wildman–Crippen LogP) is 2.58. The molecule has 0 aliphatic heterocycles. The maximum Gasteiger partial charge on any atom is 0.314 e. The summed E-state index contributed by atoms with van der Waals surface area (Å²) in [5.41, 5.74) is 0.904. The molecule has 3 N–H and O–H groups in total. The van der Waals surface area contributed by atoms with E-state index in [1.165, 1.54) is 0 Å². The highest BCUT2D eigenvalue weighted by Gasteiger charge is 2.11. The van der Waals surface area contributed by atoms with E-state index in [0.717, 1.165) is 16.3 Å². The van der Waals surface area contributed by atoms with E-state index >= 15 is 0 Å². The number of benzene rings is 2. The molecule has 1 unspecified atom stereocenters. The van der Waals surface area contributed by atoms with Gasteiger partial charge in [-0.2, -0.15) is 0 Å². The first-order valence-electron chi connectivity index (χ1n) is 6.89. The first-order chi connectivity index (χ1) is 9.72. The summed E-state index contributed by atoms with van der Waals surface area (Å²) in [4.78, 5) is 11.3. The van der Waals surface area contributed by atoms with Crippen molar-refractivity contribution in [3.8, 4) is 0 Å². The molecule has 1 atom stereocenters. The van der Waals surface area contributed by atoms with Crippen LogP contribution in [0.25, 0.3) is 10.8 Å². The molecule has 0 fully saturated rings. The first kappa shape index (κ1) is 14.3. The summed E-state index contributed by atoms with van der Waals surface area (Å²) in [5, 5.41) is 17.8. The third kappa shape index (κ3) is 3.48. The van der Waals surface area contributed by atoms with Gasteiger partial charge in [0, 0.05) is 13.1 Å². The number of amides is 2. The minimum atomic E-state index is -0.581. The topological polar surface area (TPSA) is 61.4 Å². The fourth-order valence-corrected chi connectivity index (χ4v) is 2.24. The molecule has 2 aromatic carbocycles. The maximum absolute atomic E-state index is 11.3. The standard InChI is InChI=1S/C16H20N2O2/c1-2-17-16(20)18-11-10-15(19)14-9-5-7-12-6-3-4-8-13(12)14/h3-9,15,19H,2,10-11H2,1H3,(H2,17,18,20). The van der Waals surface area contributed by atoms with Crippen LogP contribution in [0.3, 0.4) is 0 Å². The van der Waals surface area contributed by atoms with Crippen molar-refractivity contribution < 1.29 is 9.90 Å². The fraction of sp³-hybridized carbons (Fsp3) is 0.312. The molecule has 0 aromatic heterocycles. The molecule has 0 bridgehead atoms. The Morgan fingerprint density at radius 3 is 2.70 bits per heavy atom. The monoisotopic (exact) mass is 272 g/mol. The van der Waals surface area contributed by atoms with Crippen molar-refractivity contribution in [3.63, 3.8) is 0 Å². The van der Waals surface area contributed by atoms with Crippen LogP contribution in [0.5, 0.6) is 0 Å². The molecule has 0 saturated carbocycles. The number of aliphatic hydroxyl groups excluding tert-OH is 1. The van der Waals surface area contributed by atoms with Crippen LogP contribution < -0.4 is 10.6 Å². The lowest BCUT2D eigenvalue weighted by Crippen LogP contribution is -2.36. The summed E-state index contributed by atoms with van der Waals surface area (Å²) in [5.74, 6) is 0. The number of carbonyl (C=O) groups excluding carboxylic acids is 1. The molecule has 0 aliphatic carbocycles. The molecule has 0 heterocycles. The van der Waals surface area contributed by atoms with Gasteiger partial charge in [-0.3, -0.25) is 0 Å². The van der Waals surface area contributed by atoms with Crippen LogP contribution in [0.4, 0.5) is 4.79 Å². The van der Waals surface area contributed by atoms with Gasteiger partial charge in [-0.05, 0) is 29.7 Å². The highest BCUT2D eigenvalue weighted by atomic mass is 16.3. The van der Waals surface area contributed by atoms with E-state index in [9.17, 15) is 9.90 Å². The summed E-state index contributed by atoms with van der Waals surface area (Å²) in [6.07, 6.45) is -0.0893. The normalized spacial score (nSPS) is 12.1. The highest BCUT2D eigenvalue weighted by molar-refractivity contribution is 5.85. The van der Waals surface area contributed by atoms with Gasteiger partial charge in [-0.1, -0.05) is 42.5 Å². The third-order valence-corrected chi connectivity index (χ3v) is 3.22. The van der Waals surface area contributed by atoms with Crippen molar-refractivity contribution >= 4 is 16.8 Å². The zero-order chi connectivity index (χ0) is 14.4. The number of rotatable bonds is 5. The molecule has 2 aromatic rings. The number of fused-ring (bicyclic) bond motifs is 1. The molecule has 0 spiro atoms. The van der Waals surface area contributed by atoms with Crippen molar-refractivity contribution in [2.75, 3.05) is 13.1 Å². The van der Waals surface area contributed by atoms with Gasteiger partial charge < -0.3 is 15.7 Å². The van der Waals surface area contributed by atoms with Gasteiger partial charge in [0.2, 0.25) is 0 Å². The summed E-state index contributed by atoms with van der Waals surface area (Å²) in [6, 6.07) is 13.7. The third-order valence-electron chi connectivity index (χ3n) is 3.22. The highest BCUT2D eigenvalue weighted by Crippen LogP contribution is 2.25. The van der Waals surface area contributed by atoms with Crippen molar-refractivity contribution in [3.05, 3.63) is 48.0 Å². The molecular formula is C16H20N2O2. The Hall–Kier alpha value is -2.07. The number of urea groups is 1. The lowest BCUT2D eigenvalue weighted by Gasteiger charge is -2.14. The van der Waals surface area contributed by atoms with Gasteiger partial charge in [0.1, 0.15) is 0 Å². The molecule has 0 aliphatic rings. The van der Waals surface area contributed by atoms with E-state index < -0.39 is 6.10 Å². The summed E-state index contributed by atoms with van der Waals surface area (Å²) < 4.78 is 0. The molecule has 0 radical (unpaired) electrons. The van der Waals surface area contributed by atoms with Crippen LogP contribution in [0, 0.1) is 0 Å². The fourth-order valence-electron chi connectivity index (χ4n) is 2.24. The Balaban J connectivity index is 2.01. The van der Waals surface area contributed by atoms with Gasteiger partial charge in [0.25, 0.3) is 0 Å². The van der Waals surface area contributed by atoms with Gasteiger partial charge in [-0.15, -0.1) is 0 Å². The number of carbonyl (C=O) groups is 1. The average Bonchev–Trinajstić information content (AvgIpc) is 2.47. The molecule has 2 amide bonds. The molecule has 2 rings (SSSR count). The molecule has 106 valence electrons. The van der Waals surface area contributed by atoms with Crippen molar-refractivity contribution in [2.24, 2.45) is 0 Å². The second-order valence-corrected chi connectivity index (χ2v) is 4.66. The van der Waals surface area contributed by atoms with Crippen LogP contribution >= 0.6 is 0 Å². The largest absolute Gasteiger partial charge is 0.388 e. The molecule has 4 heteroatoms. The molecular weight excluding hydrogens is 252 g/mol. The summed E-state index contributed by atoms with van der Waals surface area (Å²) in [6.45, 7) is 2.90. The Labute approximate surface area is 118 Å². The lowest BCUT2D eigenvalue weighted by molar-refractivity contribution is 0.168. The van der Waals surface area contributed by atoms with Gasteiger partial charge >= 0.3 is 6.03 Å². The quantitative estimate of drug-likeness (QED) is 0.783. The average molecular weight is 272 g/mol. The van der Waals surface area contributed by atoms with Crippen LogP contribution in [0.2, 0.25) is 0 Å². The zero-order valence-corrected chi connectivity index (χ0v) is 11.6. The molecule has 0 saturated heterocycles. The number of aliphatic hydroxyl groups is 1. The van der Waals surface area contributed by atoms with Gasteiger partial charge in [0.15, 0.2) is 0 Å². The summed E-state index contributed by atoms with van der Waals surface area (Å²) in [7, 11) is 0. The van der Waals surface area contributed by atoms with Crippen molar-refractivity contribution in [2.45, 2.75) is 19.4 Å². The van der Waals surface area contributed by atoms with Crippen LogP contribution in [-0.2, 0) is 0 Å². The SMILES string of the molecule is CCNC(=O)NCCC(O)c1cccc2ccccc12. The van der Waals surface area contributed by atoms with E-state index in [-0.39, 0.29) is 6.03 Å². The number of hydrogen-bond donors (Lipinski definition) is 3. The minimum Gasteiger partial charge on any atom is -0.388 e. The second-order valence-electron chi connectivity index (χ2n) is 4.66. The smallest absolute Gasteiger partial charge is 0.314 e. The van der Waals surface area contributed by atoms with Gasteiger partial charge in [-0.25, -0.2) is 4.79 Å². The van der Waals surface area contributed by atoms with Crippen molar-refractivity contribution in [1.29, 1.82) is 0 Å². The zero-order valence-electron chi connectivity index (χ0n) is 11.6. The van der Waals surface area contributed by atoms with Gasteiger partial charge in [0.05, 0.1) is 6.10 Å². The van der Waals surface area contributed by atoms with Crippen LogP contribution in [0.15, 0.2) is 42.5 Å². The van der Waals surface area contributed by atoms with Crippen LogP contribution in [0.1, 0.15) is 25.0 Å². The summed E-state index contributed by atoms with van der Waals surface area (Å²) >= 11 is 0. The van der Waals surface area contributed by atoms with Crippen molar-refractivity contribution in [1.82, 2.24) is 10.6 Å². The van der Waals surface area contributed by atoms with E-state index in [1.807, 2.05) is 49.4 Å². The molecule has 20 heavy (non-hydrogen) atoms. The Kier molecular flexibility index (Phi) is 4.96.